The van der Waals surface area contributed by atoms with Crippen LogP contribution < -0.4 is 18.9 Å². The molecule has 13 heavy (non-hydrogen) atoms. The molecule has 0 bridgehead atoms. The molecule has 0 heterocycles. The van der Waals surface area contributed by atoms with Gasteiger partial charge in [0.05, 0.1) is 0 Å². The topological polar surface area (TPSA) is 0 Å². The molecule has 1 aliphatic carbocycles. The molecule has 0 aliphatic heterocycles. The summed E-state index contributed by atoms with van der Waals surface area (Å²) in [6.07, 6.45) is 3.94. The van der Waals surface area contributed by atoms with Crippen LogP contribution in [0.5, 0.6) is 0 Å². The zero-order chi connectivity index (χ0) is 8.60. The molecule has 2 rings (SSSR count). The molecule has 0 unspecified atom stereocenters. The van der Waals surface area contributed by atoms with Crippen molar-refractivity contribution in [1.82, 2.24) is 0 Å². The summed E-state index contributed by atoms with van der Waals surface area (Å²) in [4.78, 5) is 0. The molecule has 1 saturated carbocycles. The molecular formula is C11H12FLi. The van der Waals surface area contributed by atoms with Crippen molar-refractivity contribution < 1.29 is 24.7 Å². The number of allylic oxidation sites excluding steroid dienone is 1. The van der Waals surface area contributed by atoms with Crippen molar-refractivity contribution in [3.05, 3.63) is 48.3 Å². The molecular weight excluding hydrogens is 158 g/mol. The van der Waals surface area contributed by atoms with Crippen LogP contribution in [0.3, 0.4) is 0 Å². The van der Waals surface area contributed by atoms with Gasteiger partial charge in [-0.05, 0) is 24.5 Å². The summed E-state index contributed by atoms with van der Waals surface area (Å²) in [5.41, 5.74) is 0.769. The molecule has 0 nitrogen and oxygen atoms in total. The number of hydrogen-bond donors (Lipinski definition) is 0. The second-order valence-electron chi connectivity index (χ2n) is 3.34. The Balaban J connectivity index is 0.000000845. The van der Waals surface area contributed by atoms with Crippen molar-refractivity contribution in [3.8, 4) is 0 Å². The molecule has 2 heteroatoms. The van der Waals surface area contributed by atoms with Crippen molar-refractivity contribution >= 4 is 0 Å². The van der Waals surface area contributed by atoms with E-state index in [1.807, 2.05) is 18.2 Å². The molecule has 1 aliphatic rings. The third kappa shape index (κ3) is 1.72. The fourth-order valence-corrected chi connectivity index (χ4v) is 1.58. The average Bonchev–Trinajstić information content (AvgIpc) is 2.86. The molecule has 0 amide bonds. The third-order valence-electron chi connectivity index (χ3n) is 2.59. The van der Waals surface area contributed by atoms with Crippen molar-refractivity contribution in [3.63, 3.8) is 0 Å². The van der Waals surface area contributed by atoms with E-state index >= 15 is 0 Å². The predicted molar refractivity (Wildman–Crippen MR) is 48.6 cm³/mol. The van der Waals surface area contributed by atoms with Crippen molar-refractivity contribution in [2.75, 3.05) is 0 Å². The Hall–Kier alpha value is -0.513. The van der Waals surface area contributed by atoms with Crippen LogP contribution in [0.4, 0.5) is 4.39 Å². The Morgan fingerprint density at radius 3 is 2.46 bits per heavy atom. The van der Waals surface area contributed by atoms with E-state index < -0.39 is 0 Å². The van der Waals surface area contributed by atoms with Crippen LogP contribution in [0.1, 0.15) is 19.8 Å². The van der Waals surface area contributed by atoms with Gasteiger partial charge in [0.2, 0.25) is 0 Å². The maximum atomic E-state index is 13.3. The molecule has 0 radical (unpaired) electrons. The monoisotopic (exact) mass is 170 g/mol. The van der Waals surface area contributed by atoms with Crippen LogP contribution in [-0.2, 0) is 5.41 Å². The third-order valence-corrected chi connectivity index (χ3v) is 2.59. The maximum Gasteiger partial charge on any atom is 1.00 e. The first-order chi connectivity index (χ1) is 5.78. The Bertz CT molecular complexity index is 321. The van der Waals surface area contributed by atoms with E-state index in [4.69, 9.17) is 0 Å². The summed E-state index contributed by atoms with van der Waals surface area (Å²) in [5, 5.41) is 0. The average molecular weight is 170 g/mol. The maximum absolute atomic E-state index is 13.3. The first-order valence-corrected chi connectivity index (χ1v) is 4.17. The normalized spacial score (nSPS) is 17.3. The van der Waals surface area contributed by atoms with Gasteiger partial charge < -0.3 is 1.43 Å². The first-order valence-electron chi connectivity index (χ1n) is 4.17. The molecule has 64 valence electrons. The van der Waals surface area contributed by atoms with Gasteiger partial charge in [0.25, 0.3) is 0 Å². The van der Waals surface area contributed by atoms with Crippen LogP contribution in [0.15, 0.2) is 36.9 Å². The molecule has 0 N–H and O–H groups in total. The Morgan fingerprint density at radius 2 is 2.00 bits per heavy atom. The number of hydrogen-bond acceptors (Lipinski definition) is 0. The molecule has 1 aromatic carbocycles. The Kier molecular flexibility index (Phi) is 3.00. The molecule has 1 aromatic rings. The molecule has 1 fully saturated rings. The van der Waals surface area contributed by atoms with Gasteiger partial charge in [0.1, 0.15) is 5.82 Å². The minimum atomic E-state index is -0.102. The van der Waals surface area contributed by atoms with Gasteiger partial charge >= 0.3 is 18.9 Å². The van der Waals surface area contributed by atoms with Crippen LogP contribution in [0.25, 0.3) is 0 Å². The van der Waals surface area contributed by atoms with Gasteiger partial charge in [-0.2, -0.15) is 0 Å². The van der Waals surface area contributed by atoms with E-state index in [0.29, 0.717) is 0 Å². The quantitative estimate of drug-likeness (QED) is 0.438. The van der Waals surface area contributed by atoms with Crippen molar-refractivity contribution in [1.29, 1.82) is 0 Å². The van der Waals surface area contributed by atoms with Crippen LogP contribution in [0, 0.1) is 5.82 Å². The summed E-state index contributed by atoms with van der Waals surface area (Å²) in [6.45, 7) is 3.75. The van der Waals surface area contributed by atoms with E-state index in [0.717, 1.165) is 18.4 Å². The predicted octanol–water partition coefficient (Wildman–Crippen LogP) is 0.160. The summed E-state index contributed by atoms with van der Waals surface area (Å²) in [7, 11) is 0. The zero-order valence-electron chi connectivity index (χ0n) is 8.89. The summed E-state index contributed by atoms with van der Waals surface area (Å²) < 4.78 is 13.3. The van der Waals surface area contributed by atoms with E-state index in [1.165, 1.54) is 6.07 Å². The molecule has 0 saturated heterocycles. The minimum absolute atomic E-state index is 0. The second kappa shape index (κ2) is 3.70. The standard InChI is InChI=1S/C11H11F.Li.H/c1-2-11(7-8-11)9-5-3-4-6-10(9)12;;/h2-6H,1,7-8H2;;/q;+1;-1. The van der Waals surface area contributed by atoms with Gasteiger partial charge in [-0.1, -0.05) is 24.3 Å². The fourth-order valence-electron chi connectivity index (χ4n) is 1.58. The summed E-state index contributed by atoms with van der Waals surface area (Å²) >= 11 is 0. The van der Waals surface area contributed by atoms with E-state index in [9.17, 15) is 4.39 Å². The molecule has 0 spiro atoms. The van der Waals surface area contributed by atoms with Crippen LogP contribution in [0.2, 0.25) is 0 Å². The van der Waals surface area contributed by atoms with E-state index in [1.54, 1.807) is 6.07 Å². The van der Waals surface area contributed by atoms with Gasteiger partial charge in [-0.15, -0.1) is 6.58 Å². The Labute approximate surface area is 91.5 Å². The zero-order valence-corrected chi connectivity index (χ0v) is 7.89. The number of benzene rings is 1. The van der Waals surface area contributed by atoms with Gasteiger partial charge in [0, 0.05) is 5.41 Å². The molecule has 0 aromatic heterocycles. The molecule has 0 atom stereocenters. The minimum Gasteiger partial charge on any atom is -1.00 e. The van der Waals surface area contributed by atoms with Crippen molar-refractivity contribution in [2.24, 2.45) is 0 Å². The van der Waals surface area contributed by atoms with Gasteiger partial charge in [0.15, 0.2) is 0 Å². The van der Waals surface area contributed by atoms with Crippen LogP contribution in [-0.4, -0.2) is 0 Å². The van der Waals surface area contributed by atoms with E-state index in [2.05, 4.69) is 6.58 Å². The first kappa shape index (κ1) is 10.6. The fraction of sp³-hybridized carbons (Fsp3) is 0.273. The van der Waals surface area contributed by atoms with E-state index in [-0.39, 0.29) is 31.5 Å². The van der Waals surface area contributed by atoms with Crippen LogP contribution >= 0.6 is 0 Å². The summed E-state index contributed by atoms with van der Waals surface area (Å²) in [5.74, 6) is -0.102. The second-order valence-corrected chi connectivity index (χ2v) is 3.34. The van der Waals surface area contributed by atoms with Crippen molar-refractivity contribution in [2.45, 2.75) is 18.3 Å². The van der Waals surface area contributed by atoms with Gasteiger partial charge in [-0.25, -0.2) is 4.39 Å². The van der Waals surface area contributed by atoms with Gasteiger partial charge in [-0.3, -0.25) is 0 Å². The number of rotatable bonds is 2. The number of halogens is 1. The largest absolute Gasteiger partial charge is 1.00 e. The SMILES string of the molecule is C=CC1(c2ccccc2F)CC1.[H-].[Li+]. The smallest absolute Gasteiger partial charge is 1.00 e. The summed E-state index contributed by atoms with van der Waals surface area (Å²) in [6, 6.07) is 6.96. The Morgan fingerprint density at radius 1 is 1.38 bits per heavy atom.